The van der Waals surface area contributed by atoms with Crippen LogP contribution in [0.3, 0.4) is 0 Å². The molecule has 0 radical (unpaired) electrons. The van der Waals surface area contributed by atoms with E-state index in [-0.39, 0.29) is 11.6 Å². The first-order valence-corrected chi connectivity index (χ1v) is 8.52. The van der Waals surface area contributed by atoms with Gasteiger partial charge in [0.1, 0.15) is 5.82 Å². The Hall–Kier alpha value is -1.08. The summed E-state index contributed by atoms with van der Waals surface area (Å²) in [5.74, 6) is -0.669. The van der Waals surface area contributed by atoms with Crippen molar-refractivity contribution in [3.05, 3.63) is 22.4 Å². The topological polar surface area (TPSA) is 55.1 Å². The van der Waals surface area contributed by atoms with E-state index in [0.29, 0.717) is 21.1 Å². The van der Waals surface area contributed by atoms with Crippen molar-refractivity contribution in [1.82, 2.24) is 9.55 Å². The summed E-state index contributed by atoms with van der Waals surface area (Å²) in [7, 11) is 0. The van der Waals surface area contributed by atoms with Crippen LogP contribution < -0.4 is 0 Å². The van der Waals surface area contributed by atoms with E-state index in [4.69, 9.17) is 5.11 Å². The zero-order valence-electron chi connectivity index (χ0n) is 11.2. The molecule has 1 aromatic heterocycles. The molecule has 0 saturated heterocycles. The largest absolute Gasteiger partial charge is 0.481 e. The third kappa shape index (κ3) is 3.08. The van der Waals surface area contributed by atoms with E-state index >= 15 is 0 Å². The standard InChI is InChI=1S/C14H14BrFN2O2S/c15-9-4-11-12(5-10(9)16)18(6-8-2-1-3-8)14(17-11)21-7-13(19)20/h4-5,8H,1-3,6-7H2,(H,19,20). The van der Waals surface area contributed by atoms with Gasteiger partial charge in [-0.3, -0.25) is 4.79 Å². The number of nitrogens with zero attached hydrogens (tertiary/aromatic N) is 2. The Balaban J connectivity index is 2.01. The van der Waals surface area contributed by atoms with Crippen molar-refractivity contribution in [2.45, 2.75) is 31.0 Å². The van der Waals surface area contributed by atoms with Crippen molar-refractivity contribution in [2.75, 3.05) is 5.75 Å². The lowest BCUT2D eigenvalue weighted by Crippen LogP contribution is -2.18. The number of imidazole rings is 1. The Labute approximate surface area is 133 Å². The highest BCUT2D eigenvalue weighted by molar-refractivity contribution is 9.10. The fourth-order valence-electron chi connectivity index (χ4n) is 2.44. The van der Waals surface area contributed by atoms with E-state index in [1.165, 1.54) is 37.1 Å². The van der Waals surface area contributed by atoms with Crippen molar-refractivity contribution in [2.24, 2.45) is 5.92 Å². The molecule has 0 unspecified atom stereocenters. The summed E-state index contributed by atoms with van der Waals surface area (Å²) in [6.45, 7) is 0.777. The first-order chi connectivity index (χ1) is 10.0. The molecule has 2 aromatic rings. The molecule has 1 aromatic carbocycles. The fraction of sp³-hybridized carbons (Fsp3) is 0.429. The predicted molar refractivity (Wildman–Crippen MR) is 83.1 cm³/mol. The van der Waals surface area contributed by atoms with E-state index in [9.17, 15) is 9.18 Å². The molecule has 1 saturated carbocycles. The molecule has 21 heavy (non-hydrogen) atoms. The Morgan fingerprint density at radius 1 is 1.52 bits per heavy atom. The number of benzene rings is 1. The number of carboxylic acids is 1. The summed E-state index contributed by atoms with van der Waals surface area (Å²) in [6.07, 6.45) is 3.57. The van der Waals surface area contributed by atoms with Crippen LogP contribution in [-0.4, -0.2) is 26.4 Å². The molecule has 1 fully saturated rings. The molecule has 0 bridgehead atoms. The van der Waals surface area contributed by atoms with Gasteiger partial charge < -0.3 is 9.67 Å². The fourth-order valence-corrected chi connectivity index (χ4v) is 3.52. The minimum atomic E-state index is -0.880. The highest BCUT2D eigenvalue weighted by atomic mass is 79.9. The molecule has 1 aliphatic carbocycles. The molecular formula is C14H14BrFN2O2S. The van der Waals surface area contributed by atoms with Crippen LogP contribution in [0.5, 0.6) is 0 Å². The van der Waals surface area contributed by atoms with Crippen molar-refractivity contribution >= 4 is 44.7 Å². The van der Waals surface area contributed by atoms with Gasteiger partial charge in [-0.25, -0.2) is 9.37 Å². The second-order valence-electron chi connectivity index (χ2n) is 5.24. The van der Waals surface area contributed by atoms with Gasteiger partial charge in [0.2, 0.25) is 0 Å². The lowest BCUT2D eigenvalue weighted by atomic mass is 9.85. The molecule has 0 aliphatic heterocycles. The lowest BCUT2D eigenvalue weighted by molar-refractivity contribution is -0.133. The number of fused-ring (bicyclic) bond motifs is 1. The number of hydrogen-bond donors (Lipinski definition) is 1. The van der Waals surface area contributed by atoms with Crippen molar-refractivity contribution in [1.29, 1.82) is 0 Å². The molecule has 112 valence electrons. The number of halogens is 2. The van der Waals surface area contributed by atoms with E-state index in [1.54, 1.807) is 6.07 Å². The molecule has 0 spiro atoms. The van der Waals surface area contributed by atoms with Crippen LogP contribution in [-0.2, 0) is 11.3 Å². The van der Waals surface area contributed by atoms with E-state index < -0.39 is 5.97 Å². The van der Waals surface area contributed by atoms with Crippen LogP contribution in [0.1, 0.15) is 19.3 Å². The molecule has 3 rings (SSSR count). The summed E-state index contributed by atoms with van der Waals surface area (Å²) in [5, 5.41) is 9.49. The first-order valence-electron chi connectivity index (χ1n) is 6.74. The van der Waals surface area contributed by atoms with Gasteiger partial charge in [-0.15, -0.1) is 0 Å². The number of aliphatic carboxylic acids is 1. The molecular weight excluding hydrogens is 359 g/mol. The zero-order chi connectivity index (χ0) is 15.0. The average Bonchev–Trinajstić information content (AvgIpc) is 2.69. The number of carbonyl (C=O) groups is 1. The minimum absolute atomic E-state index is 0.0440. The van der Waals surface area contributed by atoms with Gasteiger partial charge in [-0.2, -0.15) is 0 Å². The summed E-state index contributed by atoms with van der Waals surface area (Å²) in [4.78, 5) is 15.2. The number of thioether (sulfide) groups is 1. The highest BCUT2D eigenvalue weighted by Crippen LogP contribution is 2.33. The average molecular weight is 373 g/mol. The van der Waals surface area contributed by atoms with Gasteiger partial charge in [0.15, 0.2) is 5.16 Å². The van der Waals surface area contributed by atoms with Crippen molar-refractivity contribution in [3.63, 3.8) is 0 Å². The molecule has 0 amide bonds. The van der Waals surface area contributed by atoms with Gasteiger partial charge >= 0.3 is 5.97 Å². The number of aromatic nitrogens is 2. The van der Waals surface area contributed by atoms with Crippen molar-refractivity contribution < 1.29 is 14.3 Å². The summed E-state index contributed by atoms with van der Waals surface area (Å²) >= 11 is 4.35. The Morgan fingerprint density at radius 2 is 2.29 bits per heavy atom. The number of rotatable bonds is 5. The SMILES string of the molecule is O=C(O)CSc1nc2cc(Br)c(F)cc2n1CC1CCC1. The summed E-state index contributed by atoms with van der Waals surface area (Å²) in [6, 6.07) is 3.11. The maximum Gasteiger partial charge on any atom is 0.313 e. The lowest BCUT2D eigenvalue weighted by Gasteiger charge is -2.26. The third-order valence-electron chi connectivity index (χ3n) is 3.75. The molecule has 1 N–H and O–H groups in total. The Morgan fingerprint density at radius 3 is 2.90 bits per heavy atom. The van der Waals surface area contributed by atoms with Crippen LogP contribution >= 0.6 is 27.7 Å². The number of carboxylic acid groups (broad SMARTS) is 1. The molecule has 7 heteroatoms. The van der Waals surface area contributed by atoms with Crippen LogP contribution in [0, 0.1) is 11.7 Å². The minimum Gasteiger partial charge on any atom is -0.481 e. The van der Waals surface area contributed by atoms with Gasteiger partial charge in [0.25, 0.3) is 0 Å². The highest BCUT2D eigenvalue weighted by Gasteiger charge is 2.22. The first kappa shape index (κ1) is 14.8. The van der Waals surface area contributed by atoms with E-state index in [2.05, 4.69) is 20.9 Å². The monoisotopic (exact) mass is 372 g/mol. The van der Waals surface area contributed by atoms with E-state index in [0.717, 1.165) is 12.1 Å². The number of hydrogen-bond acceptors (Lipinski definition) is 3. The van der Waals surface area contributed by atoms with Gasteiger partial charge in [0, 0.05) is 12.6 Å². The van der Waals surface area contributed by atoms with Gasteiger partial charge in [-0.05, 0) is 40.8 Å². The van der Waals surface area contributed by atoms with Crippen LogP contribution in [0.2, 0.25) is 0 Å². The van der Waals surface area contributed by atoms with Gasteiger partial charge in [-0.1, -0.05) is 18.2 Å². The summed E-state index contributed by atoms with van der Waals surface area (Å²) < 4.78 is 16.1. The van der Waals surface area contributed by atoms with E-state index in [1.807, 2.05) is 4.57 Å². The molecule has 4 nitrogen and oxygen atoms in total. The second kappa shape index (κ2) is 5.96. The normalized spacial score (nSPS) is 15.3. The quantitative estimate of drug-likeness (QED) is 0.808. The maximum atomic E-state index is 13.8. The van der Waals surface area contributed by atoms with Crippen molar-refractivity contribution in [3.8, 4) is 0 Å². The van der Waals surface area contributed by atoms with Gasteiger partial charge in [0.05, 0.1) is 21.3 Å². The Kier molecular flexibility index (Phi) is 4.21. The predicted octanol–water partition coefficient (Wildman–Crippen LogP) is 3.91. The van der Waals surface area contributed by atoms with Crippen LogP contribution in [0.15, 0.2) is 21.8 Å². The Bertz CT molecular complexity index is 700. The smallest absolute Gasteiger partial charge is 0.313 e. The second-order valence-corrected chi connectivity index (χ2v) is 7.04. The van der Waals surface area contributed by atoms with Crippen LogP contribution in [0.4, 0.5) is 4.39 Å². The maximum absolute atomic E-state index is 13.8. The summed E-state index contributed by atoms with van der Waals surface area (Å²) in [5.41, 5.74) is 1.42. The molecule has 1 aliphatic rings. The van der Waals surface area contributed by atoms with Crippen LogP contribution in [0.25, 0.3) is 11.0 Å². The zero-order valence-corrected chi connectivity index (χ0v) is 13.6. The molecule has 0 atom stereocenters. The third-order valence-corrected chi connectivity index (χ3v) is 5.31. The molecule has 1 heterocycles.